The highest BCUT2D eigenvalue weighted by Crippen LogP contribution is 2.18. The molecule has 0 bridgehead atoms. The molecule has 5 nitrogen and oxygen atoms in total. The molecule has 200 valence electrons. The molecule has 0 aliphatic heterocycles. The Morgan fingerprint density at radius 3 is 2.03 bits per heavy atom. The highest BCUT2D eigenvalue weighted by Gasteiger charge is 2.09. The van der Waals surface area contributed by atoms with Gasteiger partial charge < -0.3 is 14.2 Å². The molecule has 0 aromatic heterocycles. The first-order valence-electron chi connectivity index (χ1n) is 13.6. The van der Waals surface area contributed by atoms with Gasteiger partial charge in [-0.15, -0.1) is 0 Å². The molecule has 0 aliphatic rings. The fraction of sp³-hybridized carbons (Fsp3) is 0.333. The fourth-order valence-corrected chi connectivity index (χ4v) is 3.87. The van der Waals surface area contributed by atoms with Gasteiger partial charge in [-0.05, 0) is 60.0 Å². The average molecular weight is 515 g/mol. The van der Waals surface area contributed by atoms with Crippen molar-refractivity contribution in [2.24, 2.45) is 0 Å². The lowest BCUT2D eigenvalue weighted by molar-refractivity contribution is -0.138. The Balaban J connectivity index is 1.35. The van der Waals surface area contributed by atoms with Crippen LogP contribution >= 0.6 is 0 Å². The molecule has 3 aromatic rings. The third-order valence-corrected chi connectivity index (χ3v) is 6.08. The number of benzene rings is 3. The van der Waals surface area contributed by atoms with Gasteiger partial charge in [-0.3, -0.25) is 0 Å². The number of hydrogen-bond acceptors (Lipinski definition) is 5. The molecule has 0 fully saturated rings. The fourth-order valence-electron chi connectivity index (χ4n) is 3.87. The molecular weight excluding hydrogens is 476 g/mol. The predicted octanol–water partition coefficient (Wildman–Crippen LogP) is 8.18. The molecule has 0 amide bonds. The van der Waals surface area contributed by atoms with Crippen molar-refractivity contribution in [3.05, 3.63) is 102 Å². The number of ether oxygens (including phenoxy) is 3. The minimum absolute atomic E-state index is 0.227. The van der Waals surface area contributed by atoms with Crippen LogP contribution in [0.5, 0.6) is 11.5 Å². The minimum Gasteiger partial charge on any atom is -0.494 e. The van der Waals surface area contributed by atoms with E-state index in [1.807, 2.05) is 30.3 Å². The number of hydrogen-bond donors (Lipinski definition) is 0. The molecule has 0 aliphatic carbocycles. The predicted molar refractivity (Wildman–Crippen MR) is 151 cm³/mol. The van der Waals surface area contributed by atoms with E-state index in [0.29, 0.717) is 17.9 Å². The zero-order valence-corrected chi connectivity index (χ0v) is 22.3. The van der Waals surface area contributed by atoms with Crippen LogP contribution in [-0.2, 0) is 16.1 Å². The molecular formula is C33H38O5. The Labute approximate surface area is 226 Å². The third-order valence-electron chi connectivity index (χ3n) is 6.08. The topological polar surface area (TPSA) is 61.8 Å². The van der Waals surface area contributed by atoms with Crippen molar-refractivity contribution in [3.8, 4) is 11.5 Å². The van der Waals surface area contributed by atoms with Gasteiger partial charge in [0.1, 0.15) is 18.1 Å². The van der Waals surface area contributed by atoms with E-state index in [4.69, 9.17) is 14.2 Å². The van der Waals surface area contributed by atoms with Gasteiger partial charge in [0.2, 0.25) is 0 Å². The van der Waals surface area contributed by atoms with Crippen molar-refractivity contribution < 1.29 is 23.8 Å². The van der Waals surface area contributed by atoms with Crippen LogP contribution in [0, 0.1) is 0 Å². The van der Waals surface area contributed by atoms with E-state index in [1.54, 1.807) is 54.6 Å². The molecule has 3 rings (SSSR count). The van der Waals surface area contributed by atoms with Gasteiger partial charge in [-0.1, -0.05) is 94.3 Å². The Morgan fingerprint density at radius 1 is 0.711 bits per heavy atom. The zero-order chi connectivity index (χ0) is 26.8. The van der Waals surface area contributed by atoms with E-state index < -0.39 is 11.9 Å². The van der Waals surface area contributed by atoms with Crippen molar-refractivity contribution in [3.63, 3.8) is 0 Å². The first-order valence-corrected chi connectivity index (χ1v) is 13.6. The monoisotopic (exact) mass is 514 g/mol. The third kappa shape index (κ3) is 11.0. The van der Waals surface area contributed by atoms with Gasteiger partial charge in [0, 0.05) is 6.08 Å². The van der Waals surface area contributed by atoms with Crippen molar-refractivity contribution in [2.75, 3.05) is 6.61 Å². The van der Waals surface area contributed by atoms with Crippen LogP contribution in [0.4, 0.5) is 0 Å². The second kappa shape index (κ2) is 16.8. The van der Waals surface area contributed by atoms with Crippen LogP contribution in [-0.4, -0.2) is 18.5 Å². The van der Waals surface area contributed by atoms with E-state index in [-0.39, 0.29) is 6.61 Å². The quantitative estimate of drug-likeness (QED) is 0.0835. The number of carbonyl (C=O) groups is 2. The lowest BCUT2D eigenvalue weighted by Gasteiger charge is -2.08. The highest BCUT2D eigenvalue weighted by atomic mass is 16.5. The SMILES string of the molecule is CCCCCCCCCCOc1ccc(C(=O)Oc2ccc(/C=C/C(=O)OCc3ccccc3)cc2)cc1. The zero-order valence-electron chi connectivity index (χ0n) is 22.3. The molecule has 3 aromatic carbocycles. The van der Waals surface area contributed by atoms with E-state index in [9.17, 15) is 9.59 Å². The van der Waals surface area contributed by atoms with Gasteiger partial charge in [0.25, 0.3) is 0 Å². The van der Waals surface area contributed by atoms with Crippen molar-refractivity contribution in [2.45, 2.75) is 64.9 Å². The second-order valence-electron chi connectivity index (χ2n) is 9.23. The van der Waals surface area contributed by atoms with Gasteiger partial charge in [0.15, 0.2) is 0 Å². The maximum Gasteiger partial charge on any atom is 0.343 e. The summed E-state index contributed by atoms with van der Waals surface area (Å²) in [7, 11) is 0. The Hall–Kier alpha value is -3.86. The lowest BCUT2D eigenvalue weighted by Crippen LogP contribution is -2.08. The molecule has 0 atom stereocenters. The summed E-state index contributed by atoms with van der Waals surface area (Å²) in [5, 5.41) is 0. The van der Waals surface area contributed by atoms with Gasteiger partial charge >= 0.3 is 11.9 Å². The number of carbonyl (C=O) groups excluding carboxylic acids is 2. The van der Waals surface area contributed by atoms with Crippen LogP contribution in [0.25, 0.3) is 6.08 Å². The number of unbranched alkanes of at least 4 members (excludes halogenated alkanes) is 7. The molecule has 0 N–H and O–H groups in total. The molecule has 0 saturated heterocycles. The summed E-state index contributed by atoms with van der Waals surface area (Å²) in [5.74, 6) is 0.318. The van der Waals surface area contributed by atoms with Crippen LogP contribution in [0.15, 0.2) is 84.9 Å². The summed E-state index contributed by atoms with van der Waals surface area (Å²) >= 11 is 0. The molecule has 0 saturated carbocycles. The van der Waals surface area contributed by atoms with Crippen LogP contribution in [0.1, 0.15) is 79.8 Å². The largest absolute Gasteiger partial charge is 0.494 e. The van der Waals surface area contributed by atoms with E-state index in [2.05, 4.69) is 6.92 Å². The molecule has 5 heteroatoms. The summed E-state index contributed by atoms with van der Waals surface area (Å²) in [6.07, 6.45) is 13.1. The standard InChI is InChI=1S/C33H38O5/c1-2-3-4-5-6-7-8-12-25-36-30-22-18-29(19-23-30)33(35)38-31-20-15-27(16-21-31)17-24-32(34)37-26-28-13-10-9-11-14-28/h9-11,13-24H,2-8,12,25-26H2,1H3/b24-17+. The summed E-state index contributed by atoms with van der Waals surface area (Å²) in [4.78, 5) is 24.4. The molecule has 0 radical (unpaired) electrons. The summed E-state index contributed by atoms with van der Waals surface area (Å²) in [6.45, 7) is 3.15. The first-order chi connectivity index (χ1) is 18.6. The van der Waals surface area contributed by atoms with Gasteiger partial charge in [0.05, 0.1) is 12.2 Å². The summed E-state index contributed by atoms with van der Waals surface area (Å²) in [5.41, 5.74) is 2.18. The van der Waals surface area contributed by atoms with Crippen LogP contribution in [0.3, 0.4) is 0 Å². The Kier molecular flexibility index (Phi) is 12.7. The van der Waals surface area contributed by atoms with Gasteiger partial charge in [-0.2, -0.15) is 0 Å². The molecule has 0 spiro atoms. The van der Waals surface area contributed by atoms with E-state index in [0.717, 1.165) is 23.3 Å². The van der Waals surface area contributed by atoms with Crippen molar-refractivity contribution in [1.82, 2.24) is 0 Å². The minimum atomic E-state index is -0.438. The first kappa shape index (κ1) is 28.7. The summed E-state index contributed by atoms with van der Waals surface area (Å²) in [6, 6.07) is 23.4. The normalized spacial score (nSPS) is 10.9. The molecule has 0 unspecified atom stereocenters. The smallest absolute Gasteiger partial charge is 0.343 e. The van der Waals surface area contributed by atoms with E-state index in [1.165, 1.54) is 51.0 Å². The maximum absolute atomic E-state index is 12.5. The van der Waals surface area contributed by atoms with Crippen molar-refractivity contribution in [1.29, 1.82) is 0 Å². The maximum atomic E-state index is 12.5. The van der Waals surface area contributed by atoms with Crippen molar-refractivity contribution >= 4 is 18.0 Å². The highest BCUT2D eigenvalue weighted by molar-refractivity contribution is 5.91. The summed E-state index contributed by atoms with van der Waals surface area (Å²) < 4.78 is 16.5. The van der Waals surface area contributed by atoms with Crippen LogP contribution in [0.2, 0.25) is 0 Å². The molecule has 38 heavy (non-hydrogen) atoms. The van der Waals surface area contributed by atoms with Gasteiger partial charge in [-0.25, -0.2) is 9.59 Å². The van der Waals surface area contributed by atoms with Crippen LogP contribution < -0.4 is 9.47 Å². The van der Waals surface area contributed by atoms with E-state index >= 15 is 0 Å². The Bertz CT molecular complexity index is 1120. The number of esters is 2. The molecule has 0 heterocycles. The number of rotatable bonds is 16. The second-order valence-corrected chi connectivity index (χ2v) is 9.23. The Morgan fingerprint density at radius 2 is 1.34 bits per heavy atom. The lowest BCUT2D eigenvalue weighted by atomic mass is 10.1. The average Bonchev–Trinajstić information content (AvgIpc) is 2.95.